The van der Waals surface area contributed by atoms with E-state index in [0.717, 1.165) is 11.3 Å². The molecule has 0 amide bonds. The van der Waals surface area contributed by atoms with Gasteiger partial charge in [-0.05, 0) is 36.6 Å². The lowest BCUT2D eigenvalue weighted by molar-refractivity contribution is 0.411. The van der Waals surface area contributed by atoms with Crippen LogP contribution in [0.2, 0.25) is 0 Å². The van der Waals surface area contributed by atoms with Crippen LogP contribution < -0.4 is 16.0 Å². The summed E-state index contributed by atoms with van der Waals surface area (Å²) >= 11 is 0. The van der Waals surface area contributed by atoms with Crippen LogP contribution in [0.5, 0.6) is 5.75 Å². The molecule has 0 fully saturated rings. The molecule has 0 aliphatic heterocycles. The summed E-state index contributed by atoms with van der Waals surface area (Å²) in [7, 11) is 1.68. The second-order valence-electron chi connectivity index (χ2n) is 3.13. The first-order valence-corrected chi connectivity index (χ1v) is 4.26. The van der Waals surface area contributed by atoms with E-state index in [0.29, 0.717) is 6.54 Å². The average Bonchev–Trinajstić information content (AvgIpc) is 2.11. The van der Waals surface area contributed by atoms with Crippen LogP contribution in [0.4, 0.5) is 0 Å². The van der Waals surface area contributed by atoms with E-state index in [1.807, 2.05) is 13.0 Å². The quantitative estimate of drug-likeness (QED) is 0.640. The first-order chi connectivity index (χ1) is 6.19. The molecule has 1 aromatic carbocycles. The molecule has 0 spiro atoms. The van der Waals surface area contributed by atoms with Crippen molar-refractivity contribution in [2.45, 2.75) is 20.4 Å². The number of ether oxygens (including phenoxy) is 1. The predicted molar refractivity (Wildman–Crippen MR) is 68.0 cm³/mol. The van der Waals surface area contributed by atoms with Crippen molar-refractivity contribution in [3.8, 4) is 5.75 Å². The number of nitrogens with one attached hydrogen (secondary N) is 1. The zero-order chi connectivity index (χ0) is 9.84. The Labute approximate surface area is 103 Å². The number of halogens is 2. The van der Waals surface area contributed by atoms with Gasteiger partial charge in [0, 0.05) is 6.54 Å². The van der Waals surface area contributed by atoms with Gasteiger partial charge in [0.2, 0.25) is 0 Å². The molecule has 0 atom stereocenters. The van der Waals surface area contributed by atoms with Crippen molar-refractivity contribution in [2.75, 3.05) is 7.11 Å². The van der Waals surface area contributed by atoms with Crippen molar-refractivity contribution in [1.82, 2.24) is 5.43 Å². The average molecular weight is 253 g/mol. The number of hydrogen-bond acceptors (Lipinski definition) is 3. The molecule has 1 rings (SSSR count). The van der Waals surface area contributed by atoms with Gasteiger partial charge in [0.15, 0.2) is 0 Å². The minimum atomic E-state index is 0. The summed E-state index contributed by atoms with van der Waals surface area (Å²) in [4.78, 5) is 0. The summed E-state index contributed by atoms with van der Waals surface area (Å²) in [6, 6.07) is 4.12. The molecule has 1 aromatic rings. The third-order valence-electron chi connectivity index (χ3n) is 2.15. The molecule has 15 heavy (non-hydrogen) atoms. The molecule has 88 valence electrons. The van der Waals surface area contributed by atoms with Crippen molar-refractivity contribution in [3.63, 3.8) is 0 Å². The Balaban J connectivity index is 0. The van der Waals surface area contributed by atoms with E-state index >= 15 is 0 Å². The monoisotopic (exact) mass is 252 g/mol. The molecule has 5 heteroatoms. The van der Waals surface area contributed by atoms with Crippen molar-refractivity contribution < 1.29 is 4.74 Å². The Morgan fingerprint density at radius 3 is 2.27 bits per heavy atom. The zero-order valence-electron chi connectivity index (χ0n) is 9.16. The van der Waals surface area contributed by atoms with Crippen molar-refractivity contribution in [1.29, 1.82) is 0 Å². The molecule has 0 saturated heterocycles. The van der Waals surface area contributed by atoms with Crippen LogP contribution in [-0.2, 0) is 6.54 Å². The number of methoxy groups -OCH3 is 1. The lowest BCUT2D eigenvalue weighted by Gasteiger charge is -2.10. The summed E-state index contributed by atoms with van der Waals surface area (Å²) in [6.45, 7) is 4.77. The molecule has 0 bridgehead atoms. The summed E-state index contributed by atoms with van der Waals surface area (Å²) in [5.74, 6) is 6.20. The van der Waals surface area contributed by atoms with Gasteiger partial charge in [-0.1, -0.05) is 6.07 Å². The third-order valence-corrected chi connectivity index (χ3v) is 2.15. The number of hydrogen-bond donors (Lipinski definition) is 2. The largest absolute Gasteiger partial charge is 0.496 e. The second kappa shape index (κ2) is 7.77. The second-order valence-corrected chi connectivity index (χ2v) is 3.13. The minimum absolute atomic E-state index is 0. The minimum Gasteiger partial charge on any atom is -0.496 e. The predicted octanol–water partition coefficient (Wildman–Crippen LogP) is 2.12. The summed E-state index contributed by atoms with van der Waals surface area (Å²) in [6.07, 6.45) is 0. The van der Waals surface area contributed by atoms with Crippen LogP contribution in [0.1, 0.15) is 16.7 Å². The van der Waals surface area contributed by atoms with Crippen molar-refractivity contribution >= 4 is 24.8 Å². The molecule has 0 radical (unpaired) electrons. The first kappa shape index (κ1) is 16.9. The Hall–Kier alpha value is -0.480. The Bertz CT molecular complexity index is 306. The van der Waals surface area contributed by atoms with Gasteiger partial charge in [0.25, 0.3) is 0 Å². The highest BCUT2D eigenvalue weighted by atomic mass is 35.5. The molecule has 0 heterocycles. The molecular formula is C10H18Cl2N2O. The van der Waals surface area contributed by atoms with E-state index < -0.39 is 0 Å². The lowest BCUT2D eigenvalue weighted by Crippen LogP contribution is -2.21. The fourth-order valence-corrected chi connectivity index (χ4v) is 1.37. The normalized spacial score (nSPS) is 8.80. The van der Waals surface area contributed by atoms with Gasteiger partial charge >= 0.3 is 0 Å². The molecule has 0 aliphatic rings. The van der Waals surface area contributed by atoms with Crippen LogP contribution in [0.3, 0.4) is 0 Å². The molecule has 0 aromatic heterocycles. The number of rotatable bonds is 3. The van der Waals surface area contributed by atoms with Gasteiger partial charge in [-0.25, -0.2) is 0 Å². The lowest BCUT2D eigenvalue weighted by atomic mass is 10.0. The maximum Gasteiger partial charge on any atom is 0.122 e. The molecule has 0 saturated carbocycles. The van der Waals surface area contributed by atoms with Gasteiger partial charge in [0.05, 0.1) is 7.11 Å². The Kier molecular flexibility index (Phi) is 8.77. The van der Waals surface area contributed by atoms with E-state index in [4.69, 9.17) is 10.6 Å². The Morgan fingerprint density at radius 2 is 1.80 bits per heavy atom. The summed E-state index contributed by atoms with van der Waals surface area (Å²) in [5.41, 5.74) is 6.19. The molecule has 3 N–H and O–H groups in total. The van der Waals surface area contributed by atoms with Crippen LogP contribution in [0, 0.1) is 13.8 Å². The van der Waals surface area contributed by atoms with Gasteiger partial charge in [-0.2, -0.15) is 0 Å². The smallest absolute Gasteiger partial charge is 0.122 e. The zero-order valence-corrected chi connectivity index (χ0v) is 10.8. The van der Waals surface area contributed by atoms with E-state index in [-0.39, 0.29) is 24.8 Å². The van der Waals surface area contributed by atoms with Gasteiger partial charge in [0.1, 0.15) is 5.75 Å². The number of nitrogens with two attached hydrogens (primary N) is 1. The van der Waals surface area contributed by atoms with E-state index in [9.17, 15) is 0 Å². The van der Waals surface area contributed by atoms with Gasteiger partial charge in [-0.3, -0.25) is 11.3 Å². The molecule has 0 aliphatic carbocycles. The molecular weight excluding hydrogens is 235 g/mol. The highest BCUT2D eigenvalue weighted by molar-refractivity contribution is 5.85. The molecule has 3 nitrogen and oxygen atoms in total. The Morgan fingerprint density at radius 1 is 1.20 bits per heavy atom. The summed E-state index contributed by atoms with van der Waals surface area (Å²) < 4.78 is 5.21. The highest BCUT2D eigenvalue weighted by Gasteiger charge is 2.03. The van der Waals surface area contributed by atoms with Crippen molar-refractivity contribution in [3.05, 3.63) is 28.8 Å². The third kappa shape index (κ3) is 4.26. The standard InChI is InChI=1S/C10H16N2O.2ClH/c1-7-5-10(13-3)8(2)4-9(7)6-12-11;;/h4-5,12H,6,11H2,1-3H3;2*1H. The molecule has 0 unspecified atom stereocenters. The number of benzene rings is 1. The number of hydrazine groups is 1. The fraction of sp³-hybridized carbons (Fsp3) is 0.400. The maximum absolute atomic E-state index is 5.27. The fourth-order valence-electron chi connectivity index (χ4n) is 1.37. The SMILES string of the molecule is COc1cc(C)c(CNN)cc1C.Cl.Cl. The van der Waals surface area contributed by atoms with Gasteiger partial charge < -0.3 is 4.74 Å². The van der Waals surface area contributed by atoms with Crippen LogP contribution in [-0.4, -0.2) is 7.11 Å². The van der Waals surface area contributed by atoms with Crippen molar-refractivity contribution in [2.24, 2.45) is 5.84 Å². The summed E-state index contributed by atoms with van der Waals surface area (Å²) in [5, 5.41) is 0. The van der Waals surface area contributed by atoms with Gasteiger partial charge in [-0.15, -0.1) is 24.8 Å². The first-order valence-electron chi connectivity index (χ1n) is 4.26. The highest BCUT2D eigenvalue weighted by Crippen LogP contribution is 2.22. The van der Waals surface area contributed by atoms with Crippen LogP contribution in [0.15, 0.2) is 12.1 Å². The van der Waals surface area contributed by atoms with E-state index in [2.05, 4.69) is 18.4 Å². The topological polar surface area (TPSA) is 47.3 Å². The number of aryl methyl sites for hydroxylation is 2. The maximum atomic E-state index is 5.27. The van der Waals surface area contributed by atoms with E-state index in [1.54, 1.807) is 7.11 Å². The van der Waals surface area contributed by atoms with E-state index in [1.165, 1.54) is 11.1 Å². The van der Waals surface area contributed by atoms with Crippen LogP contribution in [0.25, 0.3) is 0 Å². The van der Waals surface area contributed by atoms with Crippen LogP contribution >= 0.6 is 24.8 Å².